The lowest BCUT2D eigenvalue weighted by Gasteiger charge is -2.21. The highest BCUT2D eigenvalue weighted by molar-refractivity contribution is 7.22. The molecule has 3 aromatic rings. The topological polar surface area (TPSA) is 54.9 Å². The predicted molar refractivity (Wildman–Crippen MR) is 125 cm³/mol. The first kappa shape index (κ1) is 23.9. The van der Waals surface area contributed by atoms with Crippen LogP contribution in [0.25, 0.3) is 10.2 Å². The van der Waals surface area contributed by atoms with Gasteiger partial charge in [-0.3, -0.25) is 9.69 Å². The molecule has 0 aliphatic heterocycles. The quantitative estimate of drug-likeness (QED) is 0.456. The summed E-state index contributed by atoms with van der Waals surface area (Å²) in [4.78, 5) is 21.6. The van der Waals surface area contributed by atoms with Crippen LogP contribution < -0.4 is 14.4 Å². The minimum atomic E-state index is 0. The van der Waals surface area contributed by atoms with Gasteiger partial charge in [0.1, 0.15) is 17.0 Å². The number of methoxy groups -OCH3 is 1. The second-order valence-corrected chi connectivity index (χ2v) is 7.93. The Labute approximate surface area is 187 Å². The molecule has 30 heavy (non-hydrogen) atoms. The van der Waals surface area contributed by atoms with E-state index in [-0.39, 0.29) is 18.3 Å². The molecule has 0 atom stereocenters. The Bertz CT molecular complexity index is 934. The van der Waals surface area contributed by atoms with Crippen molar-refractivity contribution >= 4 is 45.0 Å². The first-order chi connectivity index (χ1) is 14.1. The van der Waals surface area contributed by atoms with Gasteiger partial charge in [-0.05, 0) is 51.3 Å². The van der Waals surface area contributed by atoms with Gasteiger partial charge in [-0.1, -0.05) is 35.6 Å². The number of fused-ring (bicyclic) bond motifs is 1. The molecule has 0 unspecified atom stereocenters. The predicted octanol–water partition coefficient (Wildman–Crippen LogP) is 4.48. The zero-order valence-corrected chi connectivity index (χ0v) is 19.2. The molecule has 0 saturated carbocycles. The maximum absolute atomic E-state index is 13.0. The van der Waals surface area contributed by atoms with Crippen LogP contribution in [-0.2, 0) is 4.79 Å². The Morgan fingerprint density at radius 3 is 2.53 bits per heavy atom. The Kier molecular flexibility index (Phi) is 9.36. The summed E-state index contributed by atoms with van der Waals surface area (Å²) >= 11 is 1.51. The molecule has 1 heterocycles. The fourth-order valence-corrected chi connectivity index (χ4v) is 4.00. The molecule has 6 nitrogen and oxygen atoms in total. The third-order valence-electron chi connectivity index (χ3n) is 4.44. The zero-order valence-electron chi connectivity index (χ0n) is 17.5. The van der Waals surface area contributed by atoms with Crippen LogP contribution in [0.15, 0.2) is 48.5 Å². The number of anilines is 1. The number of aromatic nitrogens is 1. The van der Waals surface area contributed by atoms with Gasteiger partial charge in [-0.25, -0.2) is 4.98 Å². The lowest BCUT2D eigenvalue weighted by Crippen LogP contribution is -2.34. The first-order valence-electron chi connectivity index (χ1n) is 9.65. The van der Waals surface area contributed by atoms with E-state index in [1.807, 2.05) is 62.6 Å². The highest BCUT2D eigenvalue weighted by Crippen LogP contribution is 2.34. The summed E-state index contributed by atoms with van der Waals surface area (Å²) < 4.78 is 12.1. The van der Waals surface area contributed by atoms with Gasteiger partial charge < -0.3 is 14.4 Å². The Morgan fingerprint density at radius 1 is 1.07 bits per heavy atom. The Balaban J connectivity index is 0.00000320. The second kappa shape index (κ2) is 11.7. The normalized spacial score (nSPS) is 10.7. The van der Waals surface area contributed by atoms with E-state index in [1.54, 1.807) is 12.0 Å². The molecule has 2 aromatic carbocycles. The summed E-state index contributed by atoms with van der Waals surface area (Å²) in [6.07, 6.45) is 1.16. The van der Waals surface area contributed by atoms with E-state index < -0.39 is 0 Å². The number of carbonyl (C=O) groups excluding carboxylic acids is 1. The van der Waals surface area contributed by atoms with Crippen LogP contribution in [0, 0.1) is 0 Å². The first-order valence-corrected chi connectivity index (χ1v) is 10.5. The number of hydrogen-bond donors (Lipinski definition) is 0. The monoisotopic (exact) mass is 449 g/mol. The van der Waals surface area contributed by atoms with Crippen molar-refractivity contribution in [1.29, 1.82) is 0 Å². The van der Waals surface area contributed by atoms with E-state index in [0.29, 0.717) is 24.7 Å². The van der Waals surface area contributed by atoms with Crippen LogP contribution in [0.3, 0.4) is 0 Å². The number of nitrogens with zero attached hydrogens (tertiary/aromatic N) is 3. The van der Waals surface area contributed by atoms with E-state index in [0.717, 1.165) is 34.7 Å². The number of hydrogen-bond acceptors (Lipinski definition) is 6. The summed E-state index contributed by atoms with van der Waals surface area (Å²) in [5, 5.41) is 0.702. The molecule has 0 aliphatic rings. The molecule has 0 radical (unpaired) electrons. The van der Waals surface area contributed by atoms with Gasteiger partial charge in [-0.2, -0.15) is 0 Å². The molecule has 0 aliphatic carbocycles. The van der Waals surface area contributed by atoms with Crippen LogP contribution in [0.4, 0.5) is 5.13 Å². The van der Waals surface area contributed by atoms with Crippen molar-refractivity contribution in [2.45, 2.75) is 12.8 Å². The summed E-state index contributed by atoms with van der Waals surface area (Å²) in [5.74, 6) is 1.50. The summed E-state index contributed by atoms with van der Waals surface area (Å²) in [5.41, 5.74) is 0.793. The van der Waals surface area contributed by atoms with E-state index in [9.17, 15) is 4.79 Å². The van der Waals surface area contributed by atoms with Crippen LogP contribution in [-0.4, -0.2) is 56.7 Å². The molecule has 8 heteroatoms. The number of thiazole rings is 1. The fraction of sp³-hybridized carbons (Fsp3) is 0.364. The lowest BCUT2D eigenvalue weighted by molar-refractivity contribution is -0.119. The van der Waals surface area contributed by atoms with Crippen LogP contribution in [0.1, 0.15) is 12.8 Å². The van der Waals surface area contributed by atoms with Crippen molar-refractivity contribution in [3.63, 3.8) is 0 Å². The van der Waals surface area contributed by atoms with Crippen molar-refractivity contribution in [2.75, 3.05) is 45.8 Å². The van der Waals surface area contributed by atoms with E-state index in [1.165, 1.54) is 11.3 Å². The van der Waals surface area contributed by atoms with E-state index >= 15 is 0 Å². The molecule has 1 amide bonds. The largest absolute Gasteiger partial charge is 0.494 e. The number of para-hydroxylation sites is 2. The Morgan fingerprint density at radius 2 is 1.83 bits per heavy atom. The third kappa shape index (κ3) is 6.32. The van der Waals surface area contributed by atoms with Gasteiger partial charge in [0, 0.05) is 6.54 Å². The minimum Gasteiger partial charge on any atom is -0.494 e. The van der Waals surface area contributed by atoms with Gasteiger partial charge >= 0.3 is 0 Å². The van der Waals surface area contributed by atoms with Gasteiger partial charge in [-0.15, -0.1) is 12.4 Å². The maximum atomic E-state index is 13.0. The van der Waals surface area contributed by atoms with Crippen molar-refractivity contribution in [1.82, 2.24) is 9.88 Å². The highest BCUT2D eigenvalue weighted by Gasteiger charge is 2.20. The maximum Gasteiger partial charge on any atom is 0.232 e. The summed E-state index contributed by atoms with van der Waals surface area (Å²) in [7, 11) is 5.69. The number of carbonyl (C=O) groups is 1. The molecule has 0 N–H and O–H groups in total. The van der Waals surface area contributed by atoms with Gasteiger partial charge in [0.05, 0.1) is 24.8 Å². The molecular formula is C22H28ClN3O3S. The number of benzene rings is 2. The zero-order chi connectivity index (χ0) is 20.6. The molecule has 1 aromatic heterocycles. The molecule has 0 saturated heterocycles. The third-order valence-corrected chi connectivity index (χ3v) is 5.48. The lowest BCUT2D eigenvalue weighted by atomic mass is 10.3. The number of halogens is 1. The molecule has 0 fully saturated rings. The highest BCUT2D eigenvalue weighted by atomic mass is 35.5. The molecular weight excluding hydrogens is 422 g/mol. The van der Waals surface area contributed by atoms with Crippen molar-refractivity contribution < 1.29 is 14.3 Å². The number of rotatable bonds is 10. The van der Waals surface area contributed by atoms with Crippen molar-refractivity contribution in [3.05, 3.63) is 48.5 Å². The standard InChI is InChI=1S/C22H27N3O3S.ClH/c1-24(2)14-8-15-25(20(26)13-16-28-17-9-5-4-6-10-17)22-23-21-18(27-3)11-7-12-19(21)29-22;/h4-7,9-12H,8,13-16H2,1-3H3;1H. The molecule has 162 valence electrons. The number of amides is 1. The van der Waals surface area contributed by atoms with Gasteiger partial charge in [0.15, 0.2) is 5.13 Å². The summed E-state index contributed by atoms with van der Waals surface area (Å²) in [6.45, 7) is 1.85. The fourth-order valence-electron chi connectivity index (χ4n) is 2.97. The van der Waals surface area contributed by atoms with Crippen molar-refractivity contribution in [3.8, 4) is 11.5 Å². The second-order valence-electron chi connectivity index (χ2n) is 6.92. The SMILES string of the molecule is COc1cccc2sc(N(CCCN(C)C)C(=O)CCOc3ccccc3)nc12.Cl. The molecule has 0 spiro atoms. The minimum absolute atomic E-state index is 0. The van der Waals surface area contributed by atoms with Crippen LogP contribution in [0.5, 0.6) is 11.5 Å². The molecule has 3 rings (SSSR count). The average molecular weight is 450 g/mol. The number of ether oxygens (including phenoxy) is 2. The Hall–Kier alpha value is -2.35. The van der Waals surface area contributed by atoms with Gasteiger partial charge in [0.2, 0.25) is 5.91 Å². The average Bonchev–Trinajstić information content (AvgIpc) is 3.15. The smallest absolute Gasteiger partial charge is 0.232 e. The molecule has 0 bridgehead atoms. The van der Waals surface area contributed by atoms with Crippen LogP contribution in [0.2, 0.25) is 0 Å². The van der Waals surface area contributed by atoms with E-state index in [4.69, 9.17) is 14.5 Å². The van der Waals surface area contributed by atoms with Crippen LogP contribution >= 0.6 is 23.7 Å². The van der Waals surface area contributed by atoms with Crippen molar-refractivity contribution in [2.24, 2.45) is 0 Å². The summed E-state index contributed by atoms with van der Waals surface area (Å²) in [6, 6.07) is 15.4. The van der Waals surface area contributed by atoms with Gasteiger partial charge in [0.25, 0.3) is 0 Å². The van der Waals surface area contributed by atoms with E-state index in [2.05, 4.69) is 4.90 Å².